The lowest BCUT2D eigenvalue weighted by Gasteiger charge is -2.16. The maximum absolute atomic E-state index is 12.2. The minimum absolute atomic E-state index is 0.0407. The summed E-state index contributed by atoms with van der Waals surface area (Å²) in [5.74, 6) is 0.00819. The van der Waals surface area contributed by atoms with Crippen molar-refractivity contribution >= 4 is 45.6 Å². The van der Waals surface area contributed by atoms with Crippen LogP contribution in [-0.2, 0) is 9.59 Å². The Bertz CT molecular complexity index is 790. The Morgan fingerprint density at radius 1 is 1.23 bits per heavy atom. The molecule has 0 bridgehead atoms. The number of methoxy groups -OCH3 is 1. The summed E-state index contributed by atoms with van der Waals surface area (Å²) in [5.41, 5.74) is 1.38. The van der Waals surface area contributed by atoms with Gasteiger partial charge in [0.1, 0.15) is 5.75 Å². The second kappa shape index (κ2) is 8.98. The van der Waals surface area contributed by atoms with Crippen molar-refractivity contribution in [3.05, 3.63) is 33.8 Å². The Hall–Kier alpha value is -2.16. The number of hydrogen-bond acceptors (Lipinski definition) is 6. The Kier molecular flexibility index (Phi) is 6.96. The van der Waals surface area contributed by atoms with Crippen LogP contribution in [0.25, 0.3) is 0 Å². The monoisotopic (exact) mass is 396 g/mol. The molecular weight excluding hydrogens is 376 g/mol. The fourth-order valence-electron chi connectivity index (χ4n) is 2.20. The lowest BCUT2D eigenvalue weighted by atomic mass is 10.3. The molecule has 26 heavy (non-hydrogen) atoms. The Labute approximate surface area is 161 Å². The number of thiazole rings is 1. The number of anilines is 2. The number of likely N-dealkylation sites (N-methyl/N-ethyl adjacent to an activating group) is 1. The van der Waals surface area contributed by atoms with E-state index in [0.29, 0.717) is 21.6 Å². The number of carbonyl (C=O) groups is 2. The highest BCUT2D eigenvalue weighted by atomic mass is 35.5. The summed E-state index contributed by atoms with van der Waals surface area (Å²) in [4.78, 5) is 31.2. The Balaban J connectivity index is 1.86. The number of rotatable bonds is 7. The first-order valence-corrected chi connectivity index (χ1v) is 9.03. The highest BCUT2D eigenvalue weighted by molar-refractivity contribution is 7.15. The molecule has 2 N–H and O–H groups in total. The normalized spacial score (nSPS) is 10.7. The van der Waals surface area contributed by atoms with Gasteiger partial charge >= 0.3 is 0 Å². The van der Waals surface area contributed by atoms with Crippen molar-refractivity contribution in [2.75, 3.05) is 37.9 Å². The van der Waals surface area contributed by atoms with Gasteiger partial charge in [-0.05, 0) is 39.1 Å². The average Bonchev–Trinajstić information content (AvgIpc) is 2.84. The maximum Gasteiger partial charge on any atom is 0.240 e. The lowest BCUT2D eigenvalue weighted by molar-refractivity contribution is -0.119. The molecule has 0 spiro atoms. The number of halogens is 1. The van der Waals surface area contributed by atoms with Gasteiger partial charge in [-0.2, -0.15) is 0 Å². The molecule has 0 atom stereocenters. The highest BCUT2D eigenvalue weighted by Gasteiger charge is 2.14. The van der Waals surface area contributed by atoms with Gasteiger partial charge in [0.15, 0.2) is 5.13 Å². The molecule has 1 aromatic heterocycles. The summed E-state index contributed by atoms with van der Waals surface area (Å²) in [6, 6.07) is 4.96. The summed E-state index contributed by atoms with van der Waals surface area (Å²) in [6.45, 7) is 3.95. The second-order valence-electron chi connectivity index (χ2n) is 5.77. The van der Waals surface area contributed by atoms with E-state index in [2.05, 4.69) is 15.6 Å². The quantitative estimate of drug-likeness (QED) is 0.751. The number of carbonyl (C=O) groups excluding carboxylic acids is 2. The van der Waals surface area contributed by atoms with Crippen LogP contribution < -0.4 is 15.4 Å². The number of aromatic nitrogens is 1. The van der Waals surface area contributed by atoms with Gasteiger partial charge in [0.2, 0.25) is 11.8 Å². The van der Waals surface area contributed by atoms with Crippen molar-refractivity contribution in [2.45, 2.75) is 13.8 Å². The molecule has 0 radical (unpaired) electrons. The fraction of sp³-hybridized carbons (Fsp3) is 0.353. The first-order chi connectivity index (χ1) is 12.3. The van der Waals surface area contributed by atoms with E-state index < -0.39 is 0 Å². The minimum atomic E-state index is -0.276. The van der Waals surface area contributed by atoms with E-state index in [9.17, 15) is 9.59 Å². The van der Waals surface area contributed by atoms with Crippen LogP contribution in [0.2, 0.25) is 5.02 Å². The van der Waals surface area contributed by atoms with E-state index in [0.717, 1.165) is 10.6 Å². The average molecular weight is 397 g/mol. The molecular formula is C17H21ClN4O3S. The number of amides is 2. The lowest BCUT2D eigenvalue weighted by Crippen LogP contribution is -2.36. The van der Waals surface area contributed by atoms with Gasteiger partial charge in [0.05, 0.1) is 31.6 Å². The third kappa shape index (κ3) is 5.69. The smallest absolute Gasteiger partial charge is 0.240 e. The largest absolute Gasteiger partial charge is 0.495 e. The summed E-state index contributed by atoms with van der Waals surface area (Å²) >= 11 is 7.37. The zero-order valence-corrected chi connectivity index (χ0v) is 16.6. The van der Waals surface area contributed by atoms with Crippen molar-refractivity contribution in [3.63, 3.8) is 0 Å². The van der Waals surface area contributed by atoms with Crippen molar-refractivity contribution < 1.29 is 14.3 Å². The molecule has 2 aromatic rings. The van der Waals surface area contributed by atoms with E-state index in [4.69, 9.17) is 16.3 Å². The van der Waals surface area contributed by atoms with Crippen LogP contribution in [0, 0.1) is 13.8 Å². The predicted octanol–water partition coefficient (Wildman–Crippen LogP) is 2.93. The molecule has 2 amide bonds. The van der Waals surface area contributed by atoms with Crippen molar-refractivity contribution in [2.24, 2.45) is 0 Å². The first kappa shape index (κ1) is 20.2. The third-order valence-electron chi connectivity index (χ3n) is 3.54. The molecule has 0 unspecified atom stereocenters. The van der Waals surface area contributed by atoms with E-state index in [-0.39, 0.29) is 24.9 Å². The van der Waals surface area contributed by atoms with Crippen LogP contribution in [0.4, 0.5) is 10.8 Å². The van der Waals surface area contributed by atoms with Crippen molar-refractivity contribution in [1.29, 1.82) is 0 Å². The standard InChI is InChI=1S/C17H21ClN4O3S/c1-10-11(2)26-17(19-10)21-16(24)9-22(3)8-15(23)20-13-7-12(18)5-6-14(13)25-4/h5-7H,8-9H2,1-4H3,(H,20,23)(H,19,21,24). The zero-order valence-electron chi connectivity index (χ0n) is 15.1. The number of nitrogens with one attached hydrogen (secondary N) is 2. The van der Waals surface area contributed by atoms with Crippen molar-refractivity contribution in [1.82, 2.24) is 9.88 Å². The SMILES string of the molecule is COc1ccc(Cl)cc1NC(=O)CN(C)CC(=O)Nc1nc(C)c(C)s1. The molecule has 0 aliphatic carbocycles. The maximum atomic E-state index is 12.2. The topological polar surface area (TPSA) is 83.6 Å². The van der Waals surface area contributed by atoms with Gasteiger partial charge in [-0.15, -0.1) is 11.3 Å². The fourth-order valence-corrected chi connectivity index (χ4v) is 3.20. The summed E-state index contributed by atoms with van der Waals surface area (Å²) < 4.78 is 5.19. The third-order valence-corrected chi connectivity index (χ3v) is 4.76. The molecule has 0 saturated heterocycles. The van der Waals surface area contributed by atoms with Crippen LogP contribution in [0.5, 0.6) is 5.75 Å². The van der Waals surface area contributed by atoms with Gasteiger partial charge in [-0.1, -0.05) is 11.6 Å². The Morgan fingerprint density at radius 3 is 2.46 bits per heavy atom. The highest BCUT2D eigenvalue weighted by Crippen LogP contribution is 2.27. The van der Waals surface area contributed by atoms with Gasteiger partial charge in [-0.25, -0.2) is 4.98 Å². The number of benzene rings is 1. The number of ether oxygens (including phenoxy) is 1. The van der Waals surface area contributed by atoms with Gasteiger partial charge in [0.25, 0.3) is 0 Å². The Morgan fingerprint density at radius 2 is 1.88 bits per heavy atom. The van der Waals surface area contributed by atoms with E-state index in [1.165, 1.54) is 18.4 Å². The van der Waals surface area contributed by atoms with E-state index in [1.807, 2.05) is 13.8 Å². The zero-order chi connectivity index (χ0) is 19.3. The van der Waals surface area contributed by atoms with Crippen LogP contribution in [-0.4, -0.2) is 48.9 Å². The van der Waals surface area contributed by atoms with Crippen molar-refractivity contribution in [3.8, 4) is 5.75 Å². The minimum Gasteiger partial charge on any atom is -0.495 e. The molecule has 0 aliphatic rings. The first-order valence-electron chi connectivity index (χ1n) is 7.84. The van der Waals surface area contributed by atoms with Crippen LogP contribution in [0.1, 0.15) is 10.6 Å². The molecule has 1 heterocycles. The molecule has 0 fully saturated rings. The van der Waals surface area contributed by atoms with Gasteiger partial charge < -0.3 is 15.4 Å². The molecule has 7 nitrogen and oxygen atoms in total. The number of nitrogens with zero attached hydrogens (tertiary/aromatic N) is 2. The van der Waals surface area contributed by atoms with Crippen LogP contribution in [0.3, 0.4) is 0 Å². The summed E-state index contributed by atoms with van der Waals surface area (Å²) in [5, 5.41) is 6.53. The molecule has 2 rings (SSSR count). The summed E-state index contributed by atoms with van der Waals surface area (Å²) in [6.07, 6.45) is 0. The number of hydrogen-bond donors (Lipinski definition) is 2. The molecule has 0 saturated carbocycles. The second-order valence-corrected chi connectivity index (χ2v) is 7.41. The van der Waals surface area contributed by atoms with Crippen LogP contribution >= 0.6 is 22.9 Å². The predicted molar refractivity (Wildman–Crippen MR) is 104 cm³/mol. The molecule has 0 aliphatic heterocycles. The van der Waals surface area contributed by atoms with E-state index in [1.54, 1.807) is 30.1 Å². The number of aryl methyl sites for hydroxylation is 2. The summed E-state index contributed by atoms with van der Waals surface area (Å²) in [7, 11) is 3.20. The van der Waals surface area contributed by atoms with Gasteiger partial charge in [-0.3, -0.25) is 14.5 Å². The molecule has 9 heteroatoms. The molecule has 140 valence electrons. The van der Waals surface area contributed by atoms with E-state index >= 15 is 0 Å². The molecule has 1 aromatic carbocycles. The van der Waals surface area contributed by atoms with Gasteiger partial charge in [0, 0.05) is 9.90 Å². The van der Waals surface area contributed by atoms with Crippen LogP contribution in [0.15, 0.2) is 18.2 Å².